The van der Waals surface area contributed by atoms with Gasteiger partial charge in [0, 0.05) is 13.1 Å². The number of nitrogens with zero attached hydrogens (tertiary/aromatic N) is 1. The molecule has 4 heteroatoms. The minimum Gasteiger partial charge on any atom is -0.375 e. The monoisotopic (exact) mass is 265 g/mol. The van der Waals surface area contributed by atoms with E-state index in [1.807, 2.05) is 18.7 Å². The van der Waals surface area contributed by atoms with Crippen LogP contribution in [0.5, 0.6) is 0 Å². The molecule has 1 saturated heterocycles. The predicted molar refractivity (Wildman–Crippen MR) is 71.4 cm³/mol. The average Bonchev–Trinajstić information content (AvgIpc) is 2.41. The van der Waals surface area contributed by atoms with Gasteiger partial charge in [0.2, 0.25) is 5.91 Å². The molecule has 0 spiro atoms. The molecule has 19 heavy (non-hydrogen) atoms. The van der Waals surface area contributed by atoms with Gasteiger partial charge in [-0.3, -0.25) is 4.79 Å². The van der Waals surface area contributed by atoms with Crippen LogP contribution in [0.1, 0.15) is 31.7 Å². The summed E-state index contributed by atoms with van der Waals surface area (Å²) < 4.78 is 18.4. The molecule has 104 valence electrons. The van der Waals surface area contributed by atoms with Crippen LogP contribution in [0, 0.1) is 5.82 Å². The van der Waals surface area contributed by atoms with Crippen LogP contribution in [0.15, 0.2) is 24.3 Å². The van der Waals surface area contributed by atoms with Gasteiger partial charge in [0.15, 0.2) is 0 Å². The van der Waals surface area contributed by atoms with Gasteiger partial charge < -0.3 is 9.64 Å². The van der Waals surface area contributed by atoms with Crippen LogP contribution >= 0.6 is 0 Å². The molecule has 2 unspecified atom stereocenters. The Hall–Kier alpha value is -1.42. The highest BCUT2D eigenvalue weighted by Crippen LogP contribution is 2.23. The Morgan fingerprint density at radius 2 is 2.16 bits per heavy atom. The first-order valence-electron chi connectivity index (χ1n) is 6.77. The van der Waals surface area contributed by atoms with E-state index in [2.05, 4.69) is 0 Å². The van der Waals surface area contributed by atoms with Gasteiger partial charge in [-0.05, 0) is 31.0 Å². The number of hydrogen-bond donors (Lipinski definition) is 0. The lowest BCUT2D eigenvalue weighted by atomic mass is 9.94. The molecule has 1 amide bonds. The number of amides is 1. The van der Waals surface area contributed by atoms with Gasteiger partial charge in [0.1, 0.15) is 5.82 Å². The van der Waals surface area contributed by atoms with Crippen LogP contribution in [0.25, 0.3) is 0 Å². The summed E-state index contributed by atoms with van der Waals surface area (Å²) in [5.74, 6) is -0.346. The van der Waals surface area contributed by atoms with Crippen molar-refractivity contribution in [2.75, 3.05) is 19.7 Å². The molecule has 0 aromatic heterocycles. The molecule has 0 bridgehead atoms. The van der Waals surface area contributed by atoms with Gasteiger partial charge in [0.25, 0.3) is 0 Å². The van der Waals surface area contributed by atoms with Crippen LogP contribution in [0.4, 0.5) is 4.39 Å². The normalized spacial score (nSPS) is 21.2. The molecule has 1 fully saturated rings. The first-order valence-corrected chi connectivity index (χ1v) is 6.77. The van der Waals surface area contributed by atoms with Crippen molar-refractivity contribution in [3.63, 3.8) is 0 Å². The molecular formula is C15H20FNO2. The molecule has 1 aromatic rings. The third kappa shape index (κ3) is 3.32. The Morgan fingerprint density at radius 1 is 1.47 bits per heavy atom. The standard InChI is InChI=1S/C15H20FNO2/c1-3-14(12-4-6-13(16)7-5-12)15(18)17-8-9-19-11(2)10-17/h4-7,11,14H,3,8-10H2,1-2H3. The highest BCUT2D eigenvalue weighted by molar-refractivity contribution is 5.83. The third-order valence-electron chi connectivity index (χ3n) is 3.53. The molecule has 0 saturated carbocycles. The molecular weight excluding hydrogens is 245 g/mol. The highest BCUT2D eigenvalue weighted by atomic mass is 19.1. The summed E-state index contributed by atoms with van der Waals surface area (Å²) in [4.78, 5) is 14.4. The molecule has 3 nitrogen and oxygen atoms in total. The van der Waals surface area contributed by atoms with Crippen LogP contribution in [0.3, 0.4) is 0 Å². The number of rotatable bonds is 3. The number of hydrogen-bond acceptors (Lipinski definition) is 2. The number of benzene rings is 1. The largest absolute Gasteiger partial charge is 0.375 e. The summed E-state index contributed by atoms with van der Waals surface area (Å²) in [5.41, 5.74) is 0.882. The quantitative estimate of drug-likeness (QED) is 0.840. The molecule has 0 aliphatic carbocycles. The van der Waals surface area contributed by atoms with Gasteiger partial charge >= 0.3 is 0 Å². The number of ether oxygens (including phenoxy) is 1. The molecule has 0 radical (unpaired) electrons. The van der Waals surface area contributed by atoms with Crippen molar-refractivity contribution in [1.82, 2.24) is 4.90 Å². The second-order valence-corrected chi connectivity index (χ2v) is 4.98. The van der Waals surface area contributed by atoms with Gasteiger partial charge in [-0.1, -0.05) is 19.1 Å². The average molecular weight is 265 g/mol. The Balaban J connectivity index is 2.12. The number of carbonyl (C=O) groups is 1. The maximum absolute atomic E-state index is 12.9. The lowest BCUT2D eigenvalue weighted by Gasteiger charge is -2.33. The summed E-state index contributed by atoms with van der Waals surface area (Å²) in [6.07, 6.45) is 0.805. The third-order valence-corrected chi connectivity index (χ3v) is 3.53. The number of carbonyl (C=O) groups excluding carboxylic acids is 1. The maximum Gasteiger partial charge on any atom is 0.230 e. The lowest BCUT2D eigenvalue weighted by Crippen LogP contribution is -2.46. The van der Waals surface area contributed by atoms with E-state index in [0.29, 0.717) is 19.7 Å². The summed E-state index contributed by atoms with van der Waals surface area (Å²) in [6.45, 7) is 5.82. The molecule has 0 N–H and O–H groups in total. The first kappa shape index (κ1) is 14.0. The van der Waals surface area contributed by atoms with Crippen molar-refractivity contribution in [2.24, 2.45) is 0 Å². The Kier molecular flexibility index (Phi) is 4.53. The van der Waals surface area contributed by atoms with Crippen molar-refractivity contribution in [3.8, 4) is 0 Å². The molecule has 2 atom stereocenters. The van der Waals surface area contributed by atoms with Crippen LogP contribution in [-0.2, 0) is 9.53 Å². The fourth-order valence-electron chi connectivity index (χ4n) is 2.49. The van der Waals surface area contributed by atoms with E-state index in [9.17, 15) is 9.18 Å². The van der Waals surface area contributed by atoms with Crippen LogP contribution in [0.2, 0.25) is 0 Å². The van der Waals surface area contributed by atoms with E-state index >= 15 is 0 Å². The van der Waals surface area contributed by atoms with Gasteiger partial charge in [-0.15, -0.1) is 0 Å². The van der Waals surface area contributed by atoms with E-state index in [1.54, 1.807) is 12.1 Å². The topological polar surface area (TPSA) is 29.5 Å². The molecule has 1 aliphatic rings. The van der Waals surface area contributed by atoms with Crippen molar-refractivity contribution in [3.05, 3.63) is 35.6 Å². The minimum atomic E-state index is -0.272. The molecule has 2 rings (SSSR count). The minimum absolute atomic E-state index is 0.0865. The Labute approximate surface area is 113 Å². The van der Waals surface area contributed by atoms with Crippen LogP contribution < -0.4 is 0 Å². The predicted octanol–water partition coefficient (Wildman–Crippen LogP) is 2.57. The van der Waals surface area contributed by atoms with E-state index in [0.717, 1.165) is 12.0 Å². The van der Waals surface area contributed by atoms with E-state index in [1.165, 1.54) is 12.1 Å². The Bertz CT molecular complexity index is 432. The van der Waals surface area contributed by atoms with Crippen molar-refractivity contribution >= 4 is 5.91 Å². The molecule has 1 aliphatic heterocycles. The van der Waals surface area contributed by atoms with Gasteiger partial charge in [-0.2, -0.15) is 0 Å². The van der Waals surface area contributed by atoms with E-state index < -0.39 is 0 Å². The second kappa shape index (κ2) is 6.15. The summed E-state index contributed by atoms with van der Waals surface area (Å²) >= 11 is 0. The Morgan fingerprint density at radius 3 is 2.74 bits per heavy atom. The molecule has 1 heterocycles. The fraction of sp³-hybridized carbons (Fsp3) is 0.533. The van der Waals surface area contributed by atoms with Gasteiger partial charge in [0.05, 0.1) is 18.6 Å². The highest BCUT2D eigenvalue weighted by Gasteiger charge is 2.27. The summed E-state index contributed by atoms with van der Waals surface area (Å²) in [5, 5.41) is 0. The lowest BCUT2D eigenvalue weighted by molar-refractivity contribution is -0.139. The zero-order chi connectivity index (χ0) is 13.8. The zero-order valence-corrected chi connectivity index (χ0v) is 11.4. The van der Waals surface area contributed by atoms with E-state index in [-0.39, 0.29) is 23.7 Å². The maximum atomic E-state index is 12.9. The van der Waals surface area contributed by atoms with Gasteiger partial charge in [-0.25, -0.2) is 4.39 Å². The van der Waals surface area contributed by atoms with E-state index in [4.69, 9.17) is 4.74 Å². The number of halogens is 1. The summed E-state index contributed by atoms with van der Waals surface area (Å²) in [7, 11) is 0. The second-order valence-electron chi connectivity index (χ2n) is 4.98. The van der Waals surface area contributed by atoms with Crippen molar-refractivity contribution in [1.29, 1.82) is 0 Å². The summed E-state index contributed by atoms with van der Waals surface area (Å²) in [6, 6.07) is 6.22. The molecule has 1 aromatic carbocycles. The SMILES string of the molecule is CCC(C(=O)N1CCOC(C)C1)c1ccc(F)cc1. The first-order chi connectivity index (χ1) is 9.11. The smallest absolute Gasteiger partial charge is 0.230 e. The van der Waals surface area contributed by atoms with Crippen LogP contribution in [-0.4, -0.2) is 36.6 Å². The fourth-order valence-corrected chi connectivity index (χ4v) is 2.49. The zero-order valence-electron chi connectivity index (χ0n) is 11.4. The van der Waals surface area contributed by atoms with Crippen molar-refractivity contribution < 1.29 is 13.9 Å². The van der Waals surface area contributed by atoms with Crippen molar-refractivity contribution in [2.45, 2.75) is 32.3 Å². The number of morpholine rings is 1.